The van der Waals surface area contributed by atoms with Crippen molar-refractivity contribution < 1.29 is 49.7 Å². The van der Waals surface area contributed by atoms with Crippen LogP contribution >= 0.6 is 0 Å². The molecule has 0 bridgehead atoms. The summed E-state index contributed by atoms with van der Waals surface area (Å²) in [6.45, 7) is 1.68. The van der Waals surface area contributed by atoms with Crippen LogP contribution in [0.15, 0.2) is 104 Å². The third kappa shape index (κ3) is 10.1. The average Bonchev–Trinajstić information content (AvgIpc) is 3.90. The molecule has 4 N–H and O–H groups in total. The number of hydrogen-bond donors (Lipinski definition) is 4. The highest BCUT2D eigenvalue weighted by atomic mass is 32.2. The predicted octanol–water partition coefficient (Wildman–Crippen LogP) is 3.62. The minimum atomic E-state index is -4.24. The molecule has 0 spiro atoms. The first-order valence-corrected chi connectivity index (χ1v) is 18.3. The summed E-state index contributed by atoms with van der Waals surface area (Å²) < 4.78 is 79.4. The van der Waals surface area contributed by atoms with Crippen LogP contribution in [0.2, 0.25) is 0 Å². The van der Waals surface area contributed by atoms with Crippen molar-refractivity contribution >= 4 is 44.0 Å². The molecule has 0 radical (unpaired) electrons. The van der Waals surface area contributed by atoms with Crippen molar-refractivity contribution in [1.82, 2.24) is 39.7 Å². The number of sulfonamides is 2. The molecule has 23 heteroatoms. The Labute approximate surface area is 312 Å². The minimum Gasteiger partial charge on any atom is -0.481 e. The van der Waals surface area contributed by atoms with Gasteiger partial charge < -0.3 is 23.3 Å². The second-order valence-corrected chi connectivity index (χ2v) is 13.8. The van der Waals surface area contributed by atoms with E-state index in [0.29, 0.717) is 5.69 Å². The lowest BCUT2D eigenvalue weighted by Gasteiger charge is -2.11. The Kier molecular flexibility index (Phi) is 12.2. The highest BCUT2D eigenvalue weighted by Gasteiger charge is 2.25. The molecule has 0 fully saturated rings. The fraction of sp³-hybridized carbons (Fsp3) is 0.125. The lowest BCUT2D eigenvalue weighted by Crippen LogP contribution is -2.35. The van der Waals surface area contributed by atoms with Crippen LogP contribution < -0.4 is 34.3 Å². The van der Waals surface area contributed by atoms with E-state index in [4.69, 9.17) is 23.3 Å². The number of rotatable bonds is 11. The fourth-order valence-electron chi connectivity index (χ4n) is 4.50. The second-order valence-electron chi connectivity index (χ2n) is 10.5. The molecule has 6 rings (SSSR count). The van der Waals surface area contributed by atoms with Crippen LogP contribution in [0.3, 0.4) is 0 Å². The van der Waals surface area contributed by atoms with Gasteiger partial charge in [-0.1, -0.05) is 34.6 Å². The summed E-state index contributed by atoms with van der Waals surface area (Å²) in [4.78, 5) is 39.8. The summed E-state index contributed by atoms with van der Waals surface area (Å²) in [6.07, 6.45) is 2.77. The average molecular weight is 795 g/mol. The van der Waals surface area contributed by atoms with E-state index >= 15 is 0 Å². The van der Waals surface area contributed by atoms with E-state index in [1.165, 1.54) is 82.3 Å². The first-order valence-electron chi connectivity index (χ1n) is 15.4. The standard InChI is InChI=1S/C16H15N5O6S.C16H15N5O5S/c1-25-13-9-14(26-2)19-15(18-13)20-16(22)21-28(23,24)12-6-4-3-5-10(12)11-7-8-17-27-11;1-10-9-14(25-2)19-15(18-10)20-16(22)21-27(23,24)13-6-4-3-5-11(13)12-7-8-17-26-12/h3-9H,1-2H3,(H2,18,19,20,21,22);3-9H,1-2H3,(H2,18,19,20,21,22). The van der Waals surface area contributed by atoms with Gasteiger partial charge in [0.1, 0.15) is 0 Å². The van der Waals surface area contributed by atoms with Crippen LogP contribution in [-0.2, 0) is 20.0 Å². The van der Waals surface area contributed by atoms with E-state index in [9.17, 15) is 26.4 Å². The van der Waals surface area contributed by atoms with Gasteiger partial charge in [-0.3, -0.25) is 10.6 Å². The Hall–Kier alpha value is -7.14. The molecule has 4 amide bonds. The summed E-state index contributed by atoms with van der Waals surface area (Å²) in [7, 11) is -4.28. The lowest BCUT2D eigenvalue weighted by molar-refractivity contribution is 0.255. The van der Waals surface area contributed by atoms with Gasteiger partial charge in [0, 0.05) is 35.0 Å². The van der Waals surface area contributed by atoms with Gasteiger partial charge in [0.25, 0.3) is 20.0 Å². The number of anilines is 2. The van der Waals surface area contributed by atoms with E-state index in [1.54, 1.807) is 31.2 Å². The molecule has 286 valence electrons. The van der Waals surface area contributed by atoms with E-state index in [-0.39, 0.29) is 62.0 Å². The Morgan fingerprint density at radius 1 is 0.582 bits per heavy atom. The highest BCUT2D eigenvalue weighted by Crippen LogP contribution is 2.28. The number of amides is 4. The van der Waals surface area contributed by atoms with Crippen LogP contribution in [0.25, 0.3) is 22.6 Å². The molecule has 55 heavy (non-hydrogen) atoms. The van der Waals surface area contributed by atoms with Crippen LogP contribution in [0.5, 0.6) is 17.6 Å². The first kappa shape index (κ1) is 39.1. The number of carbonyl (C=O) groups is 2. The number of urea groups is 2. The highest BCUT2D eigenvalue weighted by molar-refractivity contribution is 7.90. The number of aryl methyl sites for hydroxylation is 1. The normalized spacial score (nSPS) is 11.0. The Morgan fingerprint density at radius 2 is 0.982 bits per heavy atom. The summed E-state index contributed by atoms with van der Waals surface area (Å²) >= 11 is 0. The van der Waals surface area contributed by atoms with Crippen LogP contribution in [0.4, 0.5) is 21.5 Å². The number of benzene rings is 2. The smallest absolute Gasteiger partial charge is 0.335 e. The topological polar surface area (TPSA) is 282 Å². The van der Waals surface area contributed by atoms with E-state index in [1.807, 2.05) is 9.44 Å². The molecule has 21 nitrogen and oxygen atoms in total. The lowest BCUT2D eigenvalue weighted by atomic mass is 10.2. The van der Waals surface area contributed by atoms with Gasteiger partial charge in [-0.2, -0.15) is 15.0 Å². The maximum Gasteiger partial charge on any atom is 0.335 e. The van der Waals surface area contributed by atoms with Crippen molar-refractivity contribution in [3.63, 3.8) is 0 Å². The summed E-state index contributed by atoms with van der Waals surface area (Å²) in [5.41, 5.74) is 1.05. The molecule has 0 aliphatic rings. The zero-order chi connectivity index (χ0) is 39.6. The Balaban J connectivity index is 0.000000211. The molecule has 4 aromatic heterocycles. The number of hydrogen-bond acceptors (Lipinski definition) is 17. The number of nitrogens with zero attached hydrogens (tertiary/aromatic N) is 6. The van der Waals surface area contributed by atoms with Crippen LogP contribution in [-0.4, -0.2) is 80.5 Å². The van der Waals surface area contributed by atoms with Crippen molar-refractivity contribution in [3.05, 3.63) is 90.9 Å². The van der Waals surface area contributed by atoms with Gasteiger partial charge >= 0.3 is 12.1 Å². The molecule has 0 saturated heterocycles. The largest absolute Gasteiger partial charge is 0.481 e. The molecule has 0 unspecified atom stereocenters. The van der Waals surface area contributed by atoms with Crippen LogP contribution in [0.1, 0.15) is 5.69 Å². The SMILES string of the molecule is COc1cc(C)nc(NC(=O)NS(=O)(=O)c2ccccc2-c2ccno2)n1.COc1cc(OC)nc(NC(=O)NS(=O)(=O)c2ccccc2-c2ccno2)n1. The summed E-state index contributed by atoms with van der Waals surface area (Å²) in [6, 6.07) is 16.0. The number of methoxy groups -OCH3 is 3. The molecule has 4 heterocycles. The molecule has 6 aromatic rings. The molecule has 0 aliphatic carbocycles. The van der Waals surface area contributed by atoms with E-state index < -0.39 is 32.1 Å². The van der Waals surface area contributed by atoms with Crippen molar-refractivity contribution in [1.29, 1.82) is 0 Å². The molecular formula is C32H30N10O11S2. The molecule has 2 aromatic carbocycles. The Bertz CT molecular complexity index is 2480. The quantitative estimate of drug-likeness (QED) is 0.146. The monoisotopic (exact) mass is 794 g/mol. The van der Waals surface area contributed by atoms with Crippen LogP contribution in [0, 0.1) is 6.92 Å². The molecule has 0 aliphatic heterocycles. The molecule has 0 atom stereocenters. The summed E-state index contributed by atoms with van der Waals surface area (Å²) in [5.74, 6) is 0.679. The minimum absolute atomic E-state index is 0.0944. The third-order valence-corrected chi connectivity index (χ3v) is 9.58. The van der Waals surface area contributed by atoms with Crippen molar-refractivity contribution in [2.24, 2.45) is 0 Å². The summed E-state index contributed by atoms with van der Waals surface area (Å²) in [5, 5.41) is 11.6. The Morgan fingerprint density at radius 3 is 1.38 bits per heavy atom. The number of nitrogens with one attached hydrogen (secondary N) is 4. The van der Waals surface area contributed by atoms with Crippen molar-refractivity contribution in [2.75, 3.05) is 32.0 Å². The zero-order valence-corrected chi connectivity index (χ0v) is 30.7. The van der Waals surface area contributed by atoms with Gasteiger partial charge in [-0.25, -0.2) is 40.9 Å². The van der Waals surface area contributed by atoms with E-state index in [2.05, 4.69) is 40.9 Å². The van der Waals surface area contributed by atoms with Crippen molar-refractivity contribution in [3.8, 4) is 40.3 Å². The predicted molar refractivity (Wildman–Crippen MR) is 191 cm³/mol. The van der Waals surface area contributed by atoms with Crippen molar-refractivity contribution in [2.45, 2.75) is 16.7 Å². The fourth-order valence-corrected chi connectivity index (χ4v) is 6.74. The number of ether oxygens (including phenoxy) is 3. The number of aromatic nitrogens is 6. The zero-order valence-electron chi connectivity index (χ0n) is 29.1. The van der Waals surface area contributed by atoms with E-state index in [0.717, 1.165) is 0 Å². The van der Waals surface area contributed by atoms with Gasteiger partial charge in [0.2, 0.25) is 29.5 Å². The molecular weight excluding hydrogens is 765 g/mol. The van der Waals surface area contributed by atoms with Gasteiger partial charge in [-0.15, -0.1) is 0 Å². The maximum atomic E-state index is 12.7. The maximum absolute atomic E-state index is 12.7. The van der Waals surface area contributed by atoms with Gasteiger partial charge in [0.15, 0.2) is 11.5 Å². The first-order chi connectivity index (χ1) is 26.3. The van der Waals surface area contributed by atoms with Gasteiger partial charge in [0.05, 0.1) is 49.6 Å². The van der Waals surface area contributed by atoms with Gasteiger partial charge in [-0.05, 0) is 31.2 Å². The third-order valence-electron chi connectivity index (χ3n) is 6.80. The second kappa shape index (κ2) is 17.1. The number of carbonyl (C=O) groups excluding carboxylic acids is 2. The molecule has 0 saturated carbocycles.